The summed E-state index contributed by atoms with van der Waals surface area (Å²) in [6.07, 6.45) is 5.87. The van der Waals surface area contributed by atoms with Crippen LogP contribution in [0.15, 0.2) is 18.5 Å². The van der Waals surface area contributed by atoms with Crippen LogP contribution in [0.4, 0.5) is 0 Å². The molecule has 1 aromatic rings. The number of hydrogen-bond acceptors (Lipinski definition) is 3. The number of nitrogens with zero attached hydrogens (tertiary/aromatic N) is 1. The molecule has 0 aliphatic heterocycles. The van der Waals surface area contributed by atoms with Gasteiger partial charge >= 0.3 is 0 Å². The van der Waals surface area contributed by atoms with E-state index < -0.39 is 0 Å². The average molecular weight is 236 g/mol. The molecule has 3 heteroatoms. The Bertz CT molecular complexity index is 326. The van der Waals surface area contributed by atoms with Gasteiger partial charge < -0.3 is 10.1 Å². The Kier molecular flexibility index (Phi) is 5.98. The minimum absolute atomic E-state index is 0.355. The molecule has 0 saturated heterocycles. The minimum atomic E-state index is 0.355. The molecule has 0 fully saturated rings. The lowest BCUT2D eigenvalue weighted by Crippen LogP contribution is -2.24. The van der Waals surface area contributed by atoms with Crippen LogP contribution in [0, 0.1) is 5.92 Å². The second kappa shape index (κ2) is 7.28. The minimum Gasteiger partial charge on any atom is -0.495 e. The van der Waals surface area contributed by atoms with Crippen molar-refractivity contribution < 1.29 is 4.74 Å². The summed E-state index contributed by atoms with van der Waals surface area (Å²) in [5.74, 6) is 1.53. The number of pyridine rings is 1. The van der Waals surface area contributed by atoms with Gasteiger partial charge in [0.2, 0.25) is 0 Å². The first-order valence-electron chi connectivity index (χ1n) is 6.40. The van der Waals surface area contributed by atoms with Crippen molar-refractivity contribution in [3.63, 3.8) is 0 Å². The van der Waals surface area contributed by atoms with Gasteiger partial charge in [-0.3, -0.25) is 4.98 Å². The zero-order chi connectivity index (χ0) is 12.7. The van der Waals surface area contributed by atoms with Crippen LogP contribution in [-0.2, 0) is 0 Å². The van der Waals surface area contributed by atoms with Crippen molar-refractivity contribution in [1.82, 2.24) is 10.3 Å². The number of ether oxygens (including phenoxy) is 1. The zero-order valence-electron chi connectivity index (χ0n) is 11.4. The molecule has 0 aliphatic carbocycles. The van der Waals surface area contributed by atoms with Crippen molar-refractivity contribution in [3.05, 3.63) is 24.0 Å². The first-order chi connectivity index (χ1) is 8.19. The number of hydrogen-bond donors (Lipinski definition) is 1. The van der Waals surface area contributed by atoms with Crippen LogP contribution >= 0.6 is 0 Å². The maximum Gasteiger partial charge on any atom is 0.141 e. The first-order valence-corrected chi connectivity index (χ1v) is 6.40. The summed E-state index contributed by atoms with van der Waals surface area (Å²) in [6.45, 7) is 7.70. The van der Waals surface area contributed by atoms with Crippen LogP contribution in [0.1, 0.15) is 45.2 Å². The molecule has 1 heterocycles. The van der Waals surface area contributed by atoms with Crippen LogP contribution in [-0.4, -0.2) is 18.6 Å². The monoisotopic (exact) mass is 236 g/mol. The van der Waals surface area contributed by atoms with Gasteiger partial charge in [0.05, 0.1) is 13.3 Å². The summed E-state index contributed by atoms with van der Waals surface area (Å²) in [6, 6.07) is 2.40. The van der Waals surface area contributed by atoms with Crippen molar-refractivity contribution in [2.45, 2.75) is 39.7 Å². The maximum absolute atomic E-state index is 5.39. The molecular weight excluding hydrogens is 212 g/mol. The van der Waals surface area contributed by atoms with Gasteiger partial charge in [0.25, 0.3) is 0 Å². The molecular formula is C14H24N2O. The van der Waals surface area contributed by atoms with E-state index in [4.69, 9.17) is 4.74 Å². The highest BCUT2D eigenvalue weighted by molar-refractivity contribution is 5.32. The molecule has 1 atom stereocenters. The van der Waals surface area contributed by atoms with E-state index in [2.05, 4.69) is 37.1 Å². The summed E-state index contributed by atoms with van der Waals surface area (Å²) in [4.78, 5) is 4.11. The highest BCUT2D eigenvalue weighted by Gasteiger charge is 2.16. The molecule has 17 heavy (non-hydrogen) atoms. The van der Waals surface area contributed by atoms with Crippen LogP contribution < -0.4 is 10.1 Å². The third-order valence-corrected chi connectivity index (χ3v) is 2.76. The second-order valence-corrected chi connectivity index (χ2v) is 4.75. The predicted molar refractivity (Wildman–Crippen MR) is 71.3 cm³/mol. The highest BCUT2D eigenvalue weighted by Crippen LogP contribution is 2.28. The van der Waals surface area contributed by atoms with Gasteiger partial charge in [-0.2, -0.15) is 0 Å². The standard InChI is InChI=1S/C14H24N2O/c1-5-7-16-13(9-11(2)3)12-6-8-15-10-14(12)17-4/h6,8,10-11,13,16H,5,7,9H2,1-4H3. The van der Waals surface area contributed by atoms with Crippen LogP contribution in [0.5, 0.6) is 5.75 Å². The smallest absolute Gasteiger partial charge is 0.141 e. The SMILES string of the molecule is CCCNC(CC(C)C)c1ccncc1OC. The lowest BCUT2D eigenvalue weighted by molar-refractivity contribution is 0.379. The van der Waals surface area contributed by atoms with E-state index in [9.17, 15) is 0 Å². The molecule has 1 rings (SSSR count). The third kappa shape index (κ3) is 4.35. The van der Waals surface area contributed by atoms with Gasteiger partial charge in [-0.05, 0) is 31.4 Å². The molecule has 3 nitrogen and oxygen atoms in total. The molecule has 0 spiro atoms. The predicted octanol–water partition coefficient (Wildman–Crippen LogP) is 3.18. The quantitative estimate of drug-likeness (QED) is 0.789. The van der Waals surface area contributed by atoms with E-state index in [1.165, 1.54) is 5.56 Å². The molecule has 96 valence electrons. The van der Waals surface area contributed by atoms with Crippen LogP contribution in [0.25, 0.3) is 0 Å². The van der Waals surface area contributed by atoms with Gasteiger partial charge in [-0.25, -0.2) is 0 Å². The highest BCUT2D eigenvalue weighted by atomic mass is 16.5. The van der Waals surface area contributed by atoms with Crippen molar-refractivity contribution in [2.75, 3.05) is 13.7 Å². The molecule has 0 aliphatic rings. The van der Waals surface area contributed by atoms with Crippen molar-refractivity contribution in [3.8, 4) is 5.75 Å². The molecule has 0 aromatic carbocycles. The Labute approximate surface area is 105 Å². The number of nitrogens with one attached hydrogen (secondary N) is 1. The van der Waals surface area contributed by atoms with E-state index in [-0.39, 0.29) is 0 Å². The van der Waals surface area contributed by atoms with E-state index in [1.54, 1.807) is 13.3 Å². The summed E-state index contributed by atoms with van der Waals surface area (Å²) in [7, 11) is 1.70. The Balaban J connectivity index is 2.86. The first kappa shape index (κ1) is 14.0. The number of methoxy groups -OCH3 is 1. The average Bonchev–Trinajstić information content (AvgIpc) is 2.34. The van der Waals surface area contributed by atoms with Crippen molar-refractivity contribution in [2.24, 2.45) is 5.92 Å². The number of rotatable bonds is 7. The Morgan fingerprint density at radius 1 is 1.41 bits per heavy atom. The largest absolute Gasteiger partial charge is 0.495 e. The van der Waals surface area contributed by atoms with Gasteiger partial charge in [0.15, 0.2) is 0 Å². The van der Waals surface area contributed by atoms with E-state index in [1.807, 2.05) is 6.20 Å². The molecule has 0 amide bonds. The van der Waals surface area contributed by atoms with Gasteiger partial charge in [0, 0.05) is 17.8 Å². The lowest BCUT2D eigenvalue weighted by Gasteiger charge is -2.22. The normalized spacial score (nSPS) is 12.8. The zero-order valence-corrected chi connectivity index (χ0v) is 11.4. The second-order valence-electron chi connectivity index (χ2n) is 4.75. The molecule has 0 radical (unpaired) electrons. The lowest BCUT2D eigenvalue weighted by atomic mass is 9.97. The van der Waals surface area contributed by atoms with Crippen LogP contribution in [0.2, 0.25) is 0 Å². The Hall–Kier alpha value is -1.09. The van der Waals surface area contributed by atoms with Crippen molar-refractivity contribution in [1.29, 1.82) is 0 Å². The van der Waals surface area contributed by atoms with Crippen molar-refractivity contribution >= 4 is 0 Å². The molecule has 1 aromatic heterocycles. The fourth-order valence-corrected chi connectivity index (χ4v) is 1.96. The van der Waals surface area contributed by atoms with Gasteiger partial charge in [-0.15, -0.1) is 0 Å². The fraction of sp³-hybridized carbons (Fsp3) is 0.643. The molecule has 1 N–H and O–H groups in total. The third-order valence-electron chi connectivity index (χ3n) is 2.76. The summed E-state index contributed by atoms with van der Waals surface area (Å²) in [5.41, 5.74) is 1.21. The Morgan fingerprint density at radius 2 is 2.18 bits per heavy atom. The van der Waals surface area contributed by atoms with Crippen LogP contribution in [0.3, 0.4) is 0 Å². The summed E-state index contributed by atoms with van der Waals surface area (Å²) >= 11 is 0. The van der Waals surface area contributed by atoms with Gasteiger partial charge in [-0.1, -0.05) is 20.8 Å². The Morgan fingerprint density at radius 3 is 2.76 bits per heavy atom. The summed E-state index contributed by atoms with van der Waals surface area (Å²) < 4.78 is 5.39. The maximum atomic E-state index is 5.39. The fourth-order valence-electron chi connectivity index (χ4n) is 1.96. The molecule has 0 bridgehead atoms. The summed E-state index contributed by atoms with van der Waals surface area (Å²) in [5, 5.41) is 3.58. The molecule has 0 saturated carbocycles. The number of aromatic nitrogens is 1. The van der Waals surface area contributed by atoms with E-state index in [0.29, 0.717) is 12.0 Å². The molecule has 1 unspecified atom stereocenters. The van der Waals surface area contributed by atoms with E-state index in [0.717, 1.165) is 25.1 Å². The van der Waals surface area contributed by atoms with Gasteiger partial charge in [0.1, 0.15) is 5.75 Å². The van der Waals surface area contributed by atoms with E-state index >= 15 is 0 Å². The topological polar surface area (TPSA) is 34.2 Å².